The van der Waals surface area contributed by atoms with Gasteiger partial charge in [0.2, 0.25) is 0 Å². The summed E-state index contributed by atoms with van der Waals surface area (Å²) < 4.78 is 34.6. The minimum Gasteiger partial charge on any atom is -0.462 e. The summed E-state index contributed by atoms with van der Waals surface area (Å²) in [6.45, 7) is 4.32. The smallest absolute Gasteiger partial charge is 0.462 e. The Hall–Kier alpha value is -3.33. The number of phosphoric ester groups is 1. The van der Waals surface area contributed by atoms with E-state index in [-0.39, 0.29) is 32.0 Å². The standard InChI is InChI=1S/C66H114NO8P/c1-6-8-10-12-14-16-18-20-22-23-24-25-26-27-28-29-30-31-32-33-34-35-36-37-38-39-40-41-42-43-45-47-49-51-53-55-57-59-66(69)75-64(63-74-76(70,71)73-61-60-67(3,4)5)62-72-65(68)58-56-54-52-50-48-46-44-21-19-17-15-13-11-9-7-2/h8,10,14,16,20,22,24-25,27-28,30-31,33-34,36-37,39-40,64H,6-7,9,11-13,15,17-19,21,23,26,29,32,35,38,41-63H2,1-5H3/p+1/b10-8-,16-14-,22-20-,25-24-,28-27-,31-30-,34-33-,37-36-,40-39-. The number of carbonyl (C=O) groups excluding carboxylic acids is 2. The molecule has 2 atom stereocenters. The van der Waals surface area contributed by atoms with Crippen LogP contribution in [-0.2, 0) is 32.7 Å². The zero-order valence-electron chi connectivity index (χ0n) is 49.5. The molecule has 0 rings (SSSR count). The van der Waals surface area contributed by atoms with Crippen LogP contribution in [0.2, 0.25) is 0 Å². The Kier molecular flexibility index (Phi) is 53.9. The van der Waals surface area contributed by atoms with E-state index in [2.05, 4.69) is 123 Å². The first-order chi connectivity index (χ1) is 37.0. The van der Waals surface area contributed by atoms with E-state index in [0.29, 0.717) is 17.4 Å². The lowest BCUT2D eigenvalue weighted by Gasteiger charge is -2.24. The molecule has 0 saturated heterocycles. The SMILES string of the molecule is CC/C=C\C/C=C\C/C=C\C/C=C\C/C=C\C/C=C\C/C=C\C/C=C\C/C=C\CCCCCCCCCCCC(=O)OC(COC(=O)CCCCCCCCCCCCCCCCC)COP(=O)(O)OCC[N+](C)(C)C. The van der Waals surface area contributed by atoms with Gasteiger partial charge in [0.15, 0.2) is 6.10 Å². The third kappa shape index (κ3) is 59.9. The molecule has 2 unspecified atom stereocenters. The van der Waals surface area contributed by atoms with Gasteiger partial charge in [-0.3, -0.25) is 18.6 Å². The second kappa shape index (κ2) is 56.4. The van der Waals surface area contributed by atoms with Crippen LogP contribution in [0.15, 0.2) is 109 Å². The minimum absolute atomic E-state index is 0.0272. The zero-order valence-corrected chi connectivity index (χ0v) is 50.3. The van der Waals surface area contributed by atoms with Crippen LogP contribution in [0.1, 0.15) is 245 Å². The second-order valence-corrected chi connectivity index (χ2v) is 22.8. The van der Waals surface area contributed by atoms with Crippen LogP contribution >= 0.6 is 7.82 Å². The Balaban J connectivity index is 4.12. The molecule has 0 saturated carbocycles. The summed E-state index contributed by atoms with van der Waals surface area (Å²) in [5, 5.41) is 0. The maximum atomic E-state index is 12.8. The number of allylic oxidation sites excluding steroid dienone is 18. The first-order valence-electron chi connectivity index (χ1n) is 30.6. The van der Waals surface area contributed by atoms with Crippen molar-refractivity contribution in [3.05, 3.63) is 109 Å². The van der Waals surface area contributed by atoms with Crippen molar-refractivity contribution in [2.45, 2.75) is 251 Å². The van der Waals surface area contributed by atoms with Gasteiger partial charge in [0, 0.05) is 12.8 Å². The Bertz CT molecular complexity index is 1650. The summed E-state index contributed by atoms with van der Waals surface area (Å²) >= 11 is 0. The summed E-state index contributed by atoms with van der Waals surface area (Å²) in [6, 6.07) is 0. The van der Waals surface area contributed by atoms with Gasteiger partial charge in [0.05, 0.1) is 27.7 Å². The third-order valence-electron chi connectivity index (χ3n) is 12.8. The van der Waals surface area contributed by atoms with Crippen molar-refractivity contribution < 1.29 is 42.1 Å². The zero-order chi connectivity index (χ0) is 55.6. The van der Waals surface area contributed by atoms with Crippen LogP contribution in [0.3, 0.4) is 0 Å². The van der Waals surface area contributed by atoms with E-state index in [1.807, 2.05) is 21.1 Å². The highest BCUT2D eigenvalue weighted by molar-refractivity contribution is 7.47. The number of unbranched alkanes of at least 4 members (excludes halogenated alkanes) is 23. The number of hydrogen-bond donors (Lipinski definition) is 1. The fourth-order valence-corrected chi connectivity index (χ4v) is 8.87. The van der Waals surface area contributed by atoms with E-state index in [4.69, 9.17) is 18.5 Å². The van der Waals surface area contributed by atoms with E-state index in [9.17, 15) is 19.0 Å². The number of likely N-dealkylation sites (N-methyl/N-ethyl adjacent to an activating group) is 1. The van der Waals surface area contributed by atoms with E-state index in [1.54, 1.807) is 0 Å². The minimum atomic E-state index is -4.39. The van der Waals surface area contributed by atoms with Crippen molar-refractivity contribution in [3.8, 4) is 0 Å². The van der Waals surface area contributed by atoms with Gasteiger partial charge in [-0.2, -0.15) is 0 Å². The molecule has 1 N–H and O–H groups in total. The number of ether oxygens (including phenoxy) is 2. The lowest BCUT2D eigenvalue weighted by atomic mass is 10.0. The van der Waals surface area contributed by atoms with Crippen molar-refractivity contribution in [2.24, 2.45) is 0 Å². The van der Waals surface area contributed by atoms with Crippen LogP contribution in [0.5, 0.6) is 0 Å². The number of nitrogens with zero attached hydrogens (tertiary/aromatic N) is 1. The molecule has 0 aromatic carbocycles. The number of esters is 2. The van der Waals surface area contributed by atoms with Crippen molar-refractivity contribution in [3.63, 3.8) is 0 Å². The van der Waals surface area contributed by atoms with E-state index < -0.39 is 26.5 Å². The quantitative estimate of drug-likeness (QED) is 0.0211. The van der Waals surface area contributed by atoms with Gasteiger partial charge in [0.25, 0.3) is 0 Å². The Morgan fingerprint density at radius 3 is 1.12 bits per heavy atom. The second-order valence-electron chi connectivity index (χ2n) is 21.4. The molecule has 0 heterocycles. The predicted molar refractivity (Wildman–Crippen MR) is 325 cm³/mol. The van der Waals surface area contributed by atoms with Gasteiger partial charge in [0.1, 0.15) is 19.8 Å². The number of carbonyl (C=O) groups is 2. The average molecular weight is 1080 g/mol. The Labute approximate surface area is 467 Å². The van der Waals surface area contributed by atoms with E-state index in [1.165, 1.54) is 109 Å². The number of quaternary nitrogens is 1. The molecule has 0 aliphatic rings. The molecular weight excluding hydrogens is 966 g/mol. The van der Waals surface area contributed by atoms with Gasteiger partial charge in [-0.1, -0.05) is 258 Å². The fourth-order valence-electron chi connectivity index (χ4n) is 8.13. The number of rotatable bonds is 55. The molecule has 0 amide bonds. The molecule has 76 heavy (non-hydrogen) atoms. The van der Waals surface area contributed by atoms with Gasteiger partial charge >= 0.3 is 19.8 Å². The summed E-state index contributed by atoms with van der Waals surface area (Å²) in [5.74, 6) is -0.803. The summed E-state index contributed by atoms with van der Waals surface area (Å²) in [6.07, 6.45) is 78.8. The highest BCUT2D eigenvalue weighted by Crippen LogP contribution is 2.43. The van der Waals surface area contributed by atoms with Gasteiger partial charge < -0.3 is 18.9 Å². The van der Waals surface area contributed by atoms with Crippen LogP contribution in [0, 0.1) is 0 Å². The van der Waals surface area contributed by atoms with Crippen molar-refractivity contribution in [1.82, 2.24) is 0 Å². The highest BCUT2D eigenvalue weighted by Gasteiger charge is 2.27. The van der Waals surface area contributed by atoms with Crippen molar-refractivity contribution >= 4 is 19.8 Å². The monoisotopic (exact) mass is 1080 g/mol. The van der Waals surface area contributed by atoms with Crippen molar-refractivity contribution in [2.75, 3.05) is 47.5 Å². The topological polar surface area (TPSA) is 108 Å². The first kappa shape index (κ1) is 72.7. The summed E-state index contributed by atoms with van der Waals surface area (Å²) in [4.78, 5) is 35.7. The average Bonchev–Trinajstić information content (AvgIpc) is 3.38. The lowest BCUT2D eigenvalue weighted by molar-refractivity contribution is -0.870. The van der Waals surface area contributed by atoms with Crippen LogP contribution in [-0.4, -0.2) is 74.9 Å². The summed E-state index contributed by atoms with van der Waals surface area (Å²) in [7, 11) is 1.47. The highest BCUT2D eigenvalue weighted by atomic mass is 31.2. The number of phosphoric acid groups is 1. The first-order valence-corrected chi connectivity index (χ1v) is 32.1. The largest absolute Gasteiger partial charge is 0.472 e. The summed E-state index contributed by atoms with van der Waals surface area (Å²) in [5.41, 5.74) is 0. The van der Waals surface area contributed by atoms with Crippen molar-refractivity contribution in [1.29, 1.82) is 0 Å². The molecule has 0 aromatic heterocycles. The molecule has 0 fully saturated rings. The maximum Gasteiger partial charge on any atom is 0.472 e. The molecule has 0 spiro atoms. The molecule has 9 nitrogen and oxygen atoms in total. The van der Waals surface area contributed by atoms with Gasteiger partial charge in [-0.15, -0.1) is 0 Å². The molecule has 0 bridgehead atoms. The molecule has 0 aliphatic heterocycles. The molecule has 0 aliphatic carbocycles. The van der Waals surface area contributed by atoms with Gasteiger partial charge in [-0.25, -0.2) is 4.57 Å². The van der Waals surface area contributed by atoms with Crippen LogP contribution in [0.25, 0.3) is 0 Å². The van der Waals surface area contributed by atoms with Gasteiger partial charge in [-0.05, 0) is 83.5 Å². The molecule has 0 aromatic rings. The molecular formula is C66H115NO8P+. The van der Waals surface area contributed by atoms with Crippen LogP contribution in [0.4, 0.5) is 0 Å². The molecule has 436 valence electrons. The maximum absolute atomic E-state index is 12.8. The molecule has 10 heteroatoms. The third-order valence-corrected chi connectivity index (χ3v) is 13.8. The van der Waals surface area contributed by atoms with E-state index in [0.717, 1.165) is 103 Å². The Morgan fingerprint density at radius 1 is 0.421 bits per heavy atom. The predicted octanol–water partition coefficient (Wildman–Crippen LogP) is 19.4. The molecule has 0 radical (unpaired) electrons. The number of hydrogen-bond acceptors (Lipinski definition) is 7. The fraction of sp³-hybridized carbons (Fsp3) is 0.697. The lowest BCUT2D eigenvalue weighted by Crippen LogP contribution is -2.37. The van der Waals surface area contributed by atoms with Crippen LogP contribution < -0.4 is 0 Å². The Morgan fingerprint density at radius 2 is 0.750 bits per heavy atom. The van der Waals surface area contributed by atoms with E-state index >= 15 is 0 Å². The normalized spacial score (nSPS) is 14.0.